The van der Waals surface area contributed by atoms with Crippen molar-refractivity contribution >= 4 is 29.2 Å². The summed E-state index contributed by atoms with van der Waals surface area (Å²) in [4.78, 5) is 35.5. The molecule has 0 aliphatic heterocycles. The van der Waals surface area contributed by atoms with Crippen LogP contribution < -0.4 is 9.47 Å². The van der Waals surface area contributed by atoms with Crippen LogP contribution in [-0.2, 0) is 32.1 Å². The molecule has 0 fully saturated rings. The molecule has 1 heterocycles. The maximum Gasteiger partial charge on any atom is 0.335 e. The second-order valence-corrected chi connectivity index (χ2v) is 9.51. The van der Waals surface area contributed by atoms with E-state index in [1.54, 1.807) is 31.3 Å². The lowest BCUT2D eigenvalue weighted by Crippen LogP contribution is -2.11. The van der Waals surface area contributed by atoms with E-state index in [1.165, 1.54) is 6.07 Å². The van der Waals surface area contributed by atoms with Gasteiger partial charge in [-0.3, -0.25) is 9.59 Å². The number of esters is 2. The zero-order valence-electron chi connectivity index (χ0n) is 22.5. The molecule has 1 aromatic heterocycles. The summed E-state index contributed by atoms with van der Waals surface area (Å²) in [5, 5.41) is 13.7. The van der Waals surface area contributed by atoms with Gasteiger partial charge in [0, 0.05) is 18.4 Å². The second-order valence-electron chi connectivity index (χ2n) is 8.76. The van der Waals surface area contributed by atoms with Crippen LogP contribution in [-0.4, -0.2) is 42.8 Å². The number of carbonyl (C=O) groups is 3. The van der Waals surface area contributed by atoms with E-state index in [4.69, 9.17) is 18.9 Å². The fourth-order valence-electron chi connectivity index (χ4n) is 4.04. The Morgan fingerprint density at radius 1 is 0.923 bits per heavy atom. The van der Waals surface area contributed by atoms with Gasteiger partial charge in [-0.15, -0.1) is 0 Å². The van der Waals surface area contributed by atoms with Crippen LogP contribution >= 0.6 is 11.3 Å². The summed E-state index contributed by atoms with van der Waals surface area (Å²) >= 11 is 1.55. The number of aryl methyl sites for hydroxylation is 1. The van der Waals surface area contributed by atoms with Gasteiger partial charge in [-0.1, -0.05) is 12.1 Å². The minimum absolute atomic E-state index is 0.134. The molecule has 0 amide bonds. The van der Waals surface area contributed by atoms with Crippen LogP contribution in [0.4, 0.5) is 0 Å². The summed E-state index contributed by atoms with van der Waals surface area (Å²) in [6.45, 7) is 6.58. The highest BCUT2D eigenvalue weighted by molar-refractivity contribution is 7.08. The number of benzene rings is 2. The monoisotopic (exact) mass is 554 g/mol. The number of aromatic carboxylic acids is 1. The first kappa shape index (κ1) is 29.7. The number of hydrogen-bond acceptors (Lipinski definition) is 8. The molecule has 0 aliphatic rings. The van der Waals surface area contributed by atoms with Gasteiger partial charge in [-0.2, -0.15) is 11.3 Å². The fourth-order valence-corrected chi connectivity index (χ4v) is 4.89. The quantitative estimate of drug-likeness (QED) is 0.174. The Morgan fingerprint density at radius 2 is 1.67 bits per heavy atom. The highest BCUT2D eigenvalue weighted by atomic mass is 32.1. The SMILES string of the molecule is CCOC(=O)CCCOc1cccc(COc2cc(C(=O)O)cc(-c3cscc3C)c2)c1CCC(=O)OCC. The van der Waals surface area contributed by atoms with E-state index in [-0.39, 0.29) is 37.0 Å². The molecule has 3 rings (SSSR count). The molecule has 2 aromatic carbocycles. The predicted molar refractivity (Wildman–Crippen MR) is 149 cm³/mol. The lowest BCUT2D eigenvalue weighted by atomic mass is 10.0. The number of carboxylic acids is 1. The summed E-state index contributed by atoms with van der Waals surface area (Å²) in [6, 6.07) is 10.5. The van der Waals surface area contributed by atoms with Crippen molar-refractivity contribution in [1.82, 2.24) is 0 Å². The first-order valence-electron chi connectivity index (χ1n) is 12.9. The molecule has 0 saturated heterocycles. The van der Waals surface area contributed by atoms with Gasteiger partial charge in [-0.25, -0.2) is 4.79 Å². The van der Waals surface area contributed by atoms with Gasteiger partial charge in [-0.05, 0) is 90.9 Å². The molecule has 39 heavy (non-hydrogen) atoms. The van der Waals surface area contributed by atoms with Crippen molar-refractivity contribution in [2.24, 2.45) is 0 Å². The average molecular weight is 555 g/mol. The predicted octanol–water partition coefficient (Wildman–Crippen LogP) is 6.22. The minimum atomic E-state index is -1.04. The normalized spacial score (nSPS) is 10.6. The van der Waals surface area contributed by atoms with Crippen molar-refractivity contribution in [1.29, 1.82) is 0 Å². The number of carboxylic acid groups (broad SMARTS) is 1. The van der Waals surface area contributed by atoms with E-state index in [0.717, 1.165) is 27.8 Å². The van der Waals surface area contributed by atoms with Gasteiger partial charge >= 0.3 is 17.9 Å². The zero-order valence-corrected chi connectivity index (χ0v) is 23.3. The Morgan fingerprint density at radius 3 is 2.33 bits per heavy atom. The van der Waals surface area contributed by atoms with Gasteiger partial charge in [0.2, 0.25) is 0 Å². The Hall–Kier alpha value is -3.85. The summed E-state index contributed by atoms with van der Waals surface area (Å²) in [7, 11) is 0. The van der Waals surface area contributed by atoms with Crippen molar-refractivity contribution in [2.45, 2.75) is 53.1 Å². The highest BCUT2D eigenvalue weighted by Crippen LogP contribution is 2.32. The van der Waals surface area contributed by atoms with Crippen molar-refractivity contribution < 1.29 is 38.4 Å². The minimum Gasteiger partial charge on any atom is -0.493 e. The van der Waals surface area contributed by atoms with E-state index in [9.17, 15) is 19.5 Å². The highest BCUT2D eigenvalue weighted by Gasteiger charge is 2.16. The van der Waals surface area contributed by atoms with Crippen molar-refractivity contribution in [3.8, 4) is 22.6 Å². The smallest absolute Gasteiger partial charge is 0.335 e. The van der Waals surface area contributed by atoms with Gasteiger partial charge in [0.25, 0.3) is 0 Å². The second kappa shape index (κ2) is 14.9. The molecular formula is C30H34O8S. The molecule has 0 aliphatic carbocycles. The Balaban J connectivity index is 1.81. The number of rotatable bonds is 15. The molecule has 0 atom stereocenters. The molecule has 0 spiro atoms. The maximum atomic E-state index is 12.1. The average Bonchev–Trinajstić information content (AvgIpc) is 3.35. The van der Waals surface area contributed by atoms with E-state index >= 15 is 0 Å². The lowest BCUT2D eigenvalue weighted by molar-refractivity contribution is -0.144. The molecule has 0 saturated carbocycles. The molecule has 3 aromatic rings. The van der Waals surface area contributed by atoms with E-state index in [1.807, 2.05) is 41.9 Å². The van der Waals surface area contributed by atoms with Crippen LogP contribution in [0.1, 0.15) is 60.2 Å². The number of ether oxygens (including phenoxy) is 4. The zero-order chi connectivity index (χ0) is 28.2. The standard InChI is InChI=1S/C30H34O8S/c1-4-35-28(31)10-7-13-37-27-9-6-8-21(25(27)11-12-29(32)36-5-2)17-38-24-15-22(14-23(16-24)30(33)34)26-19-39-18-20(26)3/h6,8-9,14-16,18-19H,4-5,7,10-13,17H2,1-3H3,(H,33,34). The molecule has 9 heteroatoms. The summed E-state index contributed by atoms with van der Waals surface area (Å²) < 4.78 is 22.2. The van der Waals surface area contributed by atoms with Crippen LogP contribution in [0.2, 0.25) is 0 Å². The summed E-state index contributed by atoms with van der Waals surface area (Å²) in [5.41, 5.74) is 4.52. The van der Waals surface area contributed by atoms with Gasteiger partial charge in [0.1, 0.15) is 18.1 Å². The van der Waals surface area contributed by atoms with Crippen LogP contribution in [0.5, 0.6) is 11.5 Å². The molecule has 8 nitrogen and oxygen atoms in total. The molecule has 0 unspecified atom stereocenters. The number of thiophene rings is 1. The summed E-state index contributed by atoms with van der Waals surface area (Å²) in [5.74, 6) is -0.605. The molecule has 0 bridgehead atoms. The lowest BCUT2D eigenvalue weighted by Gasteiger charge is -2.17. The van der Waals surface area contributed by atoms with E-state index in [0.29, 0.717) is 44.2 Å². The van der Waals surface area contributed by atoms with E-state index in [2.05, 4.69) is 0 Å². The maximum absolute atomic E-state index is 12.1. The van der Waals surface area contributed by atoms with Crippen molar-refractivity contribution in [2.75, 3.05) is 19.8 Å². The van der Waals surface area contributed by atoms with Crippen molar-refractivity contribution in [3.05, 3.63) is 69.4 Å². The Bertz CT molecular complexity index is 1280. The third-order valence-corrected chi connectivity index (χ3v) is 6.78. The topological polar surface area (TPSA) is 108 Å². The van der Waals surface area contributed by atoms with Gasteiger partial charge in [0.05, 0.1) is 25.4 Å². The van der Waals surface area contributed by atoms with Crippen LogP contribution in [0.15, 0.2) is 47.2 Å². The molecule has 208 valence electrons. The number of hydrogen-bond donors (Lipinski definition) is 1. The van der Waals surface area contributed by atoms with Gasteiger partial charge < -0.3 is 24.1 Å². The first-order valence-corrected chi connectivity index (χ1v) is 13.9. The third-order valence-electron chi connectivity index (χ3n) is 5.92. The molecule has 0 radical (unpaired) electrons. The van der Waals surface area contributed by atoms with Crippen LogP contribution in [0.3, 0.4) is 0 Å². The van der Waals surface area contributed by atoms with Crippen LogP contribution in [0.25, 0.3) is 11.1 Å². The Labute approximate surface area is 232 Å². The fraction of sp³-hybridized carbons (Fsp3) is 0.367. The first-order chi connectivity index (χ1) is 18.8. The molecule has 1 N–H and O–H groups in total. The van der Waals surface area contributed by atoms with Crippen molar-refractivity contribution in [3.63, 3.8) is 0 Å². The van der Waals surface area contributed by atoms with Crippen LogP contribution in [0, 0.1) is 6.92 Å². The third kappa shape index (κ3) is 8.85. The number of carbonyl (C=O) groups excluding carboxylic acids is 2. The largest absolute Gasteiger partial charge is 0.493 e. The van der Waals surface area contributed by atoms with E-state index < -0.39 is 5.97 Å². The Kier molecular flexibility index (Phi) is 11.4. The summed E-state index contributed by atoms with van der Waals surface area (Å²) in [6.07, 6.45) is 1.28. The molecular weight excluding hydrogens is 520 g/mol. The van der Waals surface area contributed by atoms with Gasteiger partial charge in [0.15, 0.2) is 0 Å².